The Morgan fingerprint density at radius 2 is 2.16 bits per heavy atom. The van der Waals surface area contributed by atoms with Crippen LogP contribution >= 0.6 is 0 Å². The van der Waals surface area contributed by atoms with Crippen LogP contribution in [0.1, 0.15) is 43.6 Å². The second-order valence-electron chi connectivity index (χ2n) is 6.40. The summed E-state index contributed by atoms with van der Waals surface area (Å²) in [6, 6.07) is 11.3. The van der Waals surface area contributed by atoms with Crippen LogP contribution in [0.5, 0.6) is 5.75 Å². The van der Waals surface area contributed by atoms with Gasteiger partial charge >= 0.3 is 0 Å². The standard InChI is InChI=1S/C20H25NO4/c1-2-24-17-9-7-15(8-10-17)13-20(23)21-11-3-5-16(21)14-18(22)19-6-4-12-25-19/h4,6-10,12,16,18,22H,2-3,5,11,13-14H2,1H3. The minimum Gasteiger partial charge on any atom is -0.494 e. The second kappa shape index (κ2) is 8.21. The van der Waals surface area contributed by atoms with Gasteiger partial charge in [0.2, 0.25) is 5.91 Å². The predicted molar refractivity (Wildman–Crippen MR) is 94.3 cm³/mol. The summed E-state index contributed by atoms with van der Waals surface area (Å²) in [4.78, 5) is 14.6. The van der Waals surface area contributed by atoms with Crippen LogP contribution in [0.4, 0.5) is 0 Å². The van der Waals surface area contributed by atoms with E-state index in [1.54, 1.807) is 18.4 Å². The molecule has 2 aromatic rings. The predicted octanol–water partition coefficient (Wildman–Crippen LogP) is 3.34. The summed E-state index contributed by atoms with van der Waals surface area (Å²) in [6.45, 7) is 3.33. The van der Waals surface area contributed by atoms with Crippen LogP contribution in [-0.4, -0.2) is 35.1 Å². The fraction of sp³-hybridized carbons (Fsp3) is 0.450. The summed E-state index contributed by atoms with van der Waals surface area (Å²) in [6.07, 6.45) is 3.68. The van der Waals surface area contributed by atoms with E-state index in [2.05, 4.69) is 0 Å². The molecule has 5 nitrogen and oxygen atoms in total. The van der Waals surface area contributed by atoms with Gasteiger partial charge in [0.25, 0.3) is 0 Å². The van der Waals surface area contributed by atoms with Gasteiger partial charge in [-0.05, 0) is 49.6 Å². The Labute approximate surface area is 148 Å². The van der Waals surface area contributed by atoms with Crippen molar-refractivity contribution in [1.82, 2.24) is 4.90 Å². The van der Waals surface area contributed by atoms with Gasteiger partial charge in [0.15, 0.2) is 0 Å². The van der Waals surface area contributed by atoms with Crippen molar-refractivity contribution in [2.45, 2.75) is 44.8 Å². The third-order valence-electron chi connectivity index (χ3n) is 4.65. The molecule has 1 saturated heterocycles. The molecule has 1 N–H and O–H groups in total. The number of hydrogen-bond acceptors (Lipinski definition) is 4. The lowest BCUT2D eigenvalue weighted by atomic mass is 10.0. The molecule has 1 aliphatic rings. The largest absolute Gasteiger partial charge is 0.494 e. The van der Waals surface area contributed by atoms with Crippen LogP contribution in [0.25, 0.3) is 0 Å². The molecule has 1 aromatic carbocycles. The van der Waals surface area contributed by atoms with E-state index in [1.165, 1.54) is 0 Å². The van der Waals surface area contributed by atoms with Gasteiger partial charge in [-0.15, -0.1) is 0 Å². The lowest BCUT2D eigenvalue weighted by molar-refractivity contribution is -0.131. The zero-order chi connectivity index (χ0) is 17.6. The monoisotopic (exact) mass is 343 g/mol. The van der Waals surface area contributed by atoms with Crippen LogP contribution < -0.4 is 4.74 Å². The Kier molecular flexibility index (Phi) is 5.76. The van der Waals surface area contributed by atoms with Crippen LogP contribution in [0.2, 0.25) is 0 Å². The minimum atomic E-state index is -0.668. The van der Waals surface area contributed by atoms with Crippen molar-refractivity contribution in [3.05, 3.63) is 54.0 Å². The maximum absolute atomic E-state index is 12.7. The van der Waals surface area contributed by atoms with Gasteiger partial charge in [0.1, 0.15) is 17.6 Å². The quantitative estimate of drug-likeness (QED) is 0.837. The molecule has 0 saturated carbocycles. The lowest BCUT2D eigenvalue weighted by Gasteiger charge is -2.26. The summed E-state index contributed by atoms with van der Waals surface area (Å²) < 4.78 is 10.7. The summed E-state index contributed by atoms with van der Waals surface area (Å²) >= 11 is 0. The average molecular weight is 343 g/mol. The first-order chi connectivity index (χ1) is 12.2. The van der Waals surface area contributed by atoms with Crippen molar-refractivity contribution < 1.29 is 19.1 Å². The van der Waals surface area contributed by atoms with Gasteiger partial charge in [-0.3, -0.25) is 4.79 Å². The molecule has 2 heterocycles. The molecule has 3 rings (SSSR count). The third kappa shape index (κ3) is 4.42. The highest BCUT2D eigenvalue weighted by Crippen LogP contribution is 2.28. The summed E-state index contributed by atoms with van der Waals surface area (Å²) in [7, 11) is 0. The Balaban J connectivity index is 1.58. The Bertz CT molecular complexity index is 666. The number of furan rings is 1. The number of ether oxygens (including phenoxy) is 1. The van der Waals surface area contributed by atoms with Gasteiger partial charge in [0.05, 0.1) is 19.3 Å². The van der Waals surface area contributed by atoms with Crippen LogP contribution in [0.15, 0.2) is 47.1 Å². The maximum atomic E-state index is 12.7. The van der Waals surface area contributed by atoms with Gasteiger partial charge < -0.3 is 19.2 Å². The van der Waals surface area contributed by atoms with Crippen LogP contribution in [0.3, 0.4) is 0 Å². The van der Waals surface area contributed by atoms with Crippen molar-refractivity contribution in [1.29, 1.82) is 0 Å². The minimum absolute atomic E-state index is 0.0651. The molecule has 0 aliphatic carbocycles. The first-order valence-electron chi connectivity index (χ1n) is 8.90. The van der Waals surface area contributed by atoms with Crippen molar-refractivity contribution >= 4 is 5.91 Å². The zero-order valence-corrected chi connectivity index (χ0v) is 14.6. The number of hydrogen-bond donors (Lipinski definition) is 1. The van der Waals surface area contributed by atoms with E-state index in [4.69, 9.17) is 9.15 Å². The number of aliphatic hydroxyl groups excluding tert-OH is 1. The molecule has 2 unspecified atom stereocenters. The van der Waals surface area contributed by atoms with Crippen molar-refractivity contribution in [3.63, 3.8) is 0 Å². The molecule has 1 amide bonds. The van der Waals surface area contributed by atoms with Gasteiger partial charge in [-0.25, -0.2) is 0 Å². The summed E-state index contributed by atoms with van der Waals surface area (Å²) in [5.41, 5.74) is 0.977. The SMILES string of the molecule is CCOc1ccc(CC(=O)N2CCCC2CC(O)c2ccco2)cc1. The van der Waals surface area contributed by atoms with Gasteiger partial charge in [-0.2, -0.15) is 0 Å². The molecule has 1 fully saturated rings. The number of aliphatic hydroxyl groups is 1. The van der Waals surface area contributed by atoms with E-state index >= 15 is 0 Å². The molecule has 0 spiro atoms. The average Bonchev–Trinajstić information content (AvgIpc) is 3.28. The molecule has 2 atom stereocenters. The molecule has 0 bridgehead atoms. The third-order valence-corrected chi connectivity index (χ3v) is 4.65. The number of rotatable bonds is 7. The van der Waals surface area contributed by atoms with Crippen LogP contribution in [0, 0.1) is 0 Å². The highest BCUT2D eigenvalue weighted by molar-refractivity contribution is 5.79. The molecule has 1 aromatic heterocycles. The number of benzene rings is 1. The Morgan fingerprint density at radius 1 is 1.36 bits per heavy atom. The number of likely N-dealkylation sites (tertiary alicyclic amines) is 1. The van der Waals surface area contributed by atoms with E-state index < -0.39 is 6.10 Å². The topological polar surface area (TPSA) is 62.9 Å². The van der Waals surface area contributed by atoms with E-state index in [1.807, 2.05) is 36.1 Å². The lowest BCUT2D eigenvalue weighted by Crippen LogP contribution is -2.37. The fourth-order valence-corrected chi connectivity index (χ4v) is 3.41. The highest BCUT2D eigenvalue weighted by atomic mass is 16.5. The van der Waals surface area contributed by atoms with Crippen molar-refractivity contribution in [2.24, 2.45) is 0 Å². The van der Waals surface area contributed by atoms with Crippen LogP contribution in [-0.2, 0) is 11.2 Å². The number of carbonyl (C=O) groups is 1. The first kappa shape index (κ1) is 17.5. The molecular weight excluding hydrogens is 318 g/mol. The molecular formula is C20H25NO4. The molecule has 0 radical (unpaired) electrons. The Hall–Kier alpha value is -2.27. The summed E-state index contributed by atoms with van der Waals surface area (Å²) in [5, 5.41) is 10.3. The van der Waals surface area contributed by atoms with Crippen molar-refractivity contribution in [3.8, 4) is 5.75 Å². The van der Waals surface area contributed by atoms with Gasteiger partial charge in [-0.1, -0.05) is 12.1 Å². The molecule has 1 aliphatic heterocycles. The Morgan fingerprint density at radius 3 is 2.84 bits per heavy atom. The molecule has 25 heavy (non-hydrogen) atoms. The molecule has 5 heteroatoms. The highest BCUT2D eigenvalue weighted by Gasteiger charge is 2.31. The number of nitrogens with zero attached hydrogens (tertiary/aromatic N) is 1. The van der Waals surface area contributed by atoms with Gasteiger partial charge in [0, 0.05) is 19.0 Å². The van der Waals surface area contributed by atoms with E-state index in [-0.39, 0.29) is 11.9 Å². The normalized spacial score (nSPS) is 18.3. The summed E-state index contributed by atoms with van der Waals surface area (Å²) in [5.74, 6) is 1.49. The fourth-order valence-electron chi connectivity index (χ4n) is 3.41. The smallest absolute Gasteiger partial charge is 0.227 e. The maximum Gasteiger partial charge on any atom is 0.227 e. The zero-order valence-electron chi connectivity index (χ0n) is 14.6. The second-order valence-corrected chi connectivity index (χ2v) is 6.40. The number of amides is 1. The van der Waals surface area contributed by atoms with Crippen molar-refractivity contribution in [2.75, 3.05) is 13.2 Å². The van der Waals surface area contributed by atoms with E-state index in [9.17, 15) is 9.90 Å². The van der Waals surface area contributed by atoms with E-state index in [0.29, 0.717) is 25.2 Å². The van der Waals surface area contributed by atoms with E-state index in [0.717, 1.165) is 30.7 Å². The number of carbonyl (C=O) groups excluding carboxylic acids is 1. The first-order valence-corrected chi connectivity index (χ1v) is 8.90. The molecule has 134 valence electrons.